The summed E-state index contributed by atoms with van der Waals surface area (Å²) in [6.07, 6.45) is 5.31. The first-order valence-electron chi connectivity index (χ1n) is 6.47. The molecule has 0 unspecified atom stereocenters. The monoisotopic (exact) mass is 283 g/mol. The minimum atomic E-state index is -0.662. The lowest BCUT2D eigenvalue weighted by atomic mass is 10.1. The highest BCUT2D eigenvalue weighted by Gasteiger charge is 2.14. The lowest BCUT2D eigenvalue weighted by Gasteiger charge is -2.19. The SMILES string of the molecule is C/C=C/C(=O)NC(NC(=O)/C=C/C)c1ccc(C#N)cc1. The van der Waals surface area contributed by atoms with Crippen molar-refractivity contribution in [3.8, 4) is 6.07 Å². The summed E-state index contributed by atoms with van der Waals surface area (Å²) in [6, 6.07) is 8.66. The van der Waals surface area contributed by atoms with Crippen molar-refractivity contribution in [2.24, 2.45) is 0 Å². The van der Waals surface area contributed by atoms with E-state index >= 15 is 0 Å². The van der Waals surface area contributed by atoms with Crippen LogP contribution in [0.3, 0.4) is 0 Å². The summed E-state index contributed by atoms with van der Waals surface area (Å²) >= 11 is 0. The van der Waals surface area contributed by atoms with Gasteiger partial charge in [0.25, 0.3) is 0 Å². The Morgan fingerprint density at radius 1 is 1.05 bits per heavy atom. The van der Waals surface area contributed by atoms with Gasteiger partial charge in [-0.05, 0) is 43.7 Å². The van der Waals surface area contributed by atoms with Crippen LogP contribution in [0.1, 0.15) is 31.1 Å². The van der Waals surface area contributed by atoms with Crippen LogP contribution in [0.15, 0.2) is 48.6 Å². The number of nitrogens with zero attached hydrogens (tertiary/aromatic N) is 1. The van der Waals surface area contributed by atoms with Crippen LogP contribution in [0.2, 0.25) is 0 Å². The average Bonchev–Trinajstić information content (AvgIpc) is 2.47. The zero-order valence-corrected chi connectivity index (χ0v) is 12.0. The van der Waals surface area contributed by atoms with E-state index in [9.17, 15) is 9.59 Å². The highest BCUT2D eigenvalue weighted by atomic mass is 16.2. The molecule has 1 rings (SSSR count). The molecule has 5 heteroatoms. The van der Waals surface area contributed by atoms with Gasteiger partial charge in [-0.3, -0.25) is 9.59 Å². The molecule has 2 N–H and O–H groups in total. The van der Waals surface area contributed by atoms with Crippen molar-refractivity contribution in [2.45, 2.75) is 20.0 Å². The molecule has 1 aromatic carbocycles. The number of hydrogen-bond acceptors (Lipinski definition) is 3. The molecule has 0 heterocycles. The van der Waals surface area contributed by atoms with Gasteiger partial charge in [-0.2, -0.15) is 5.26 Å². The van der Waals surface area contributed by atoms with Gasteiger partial charge in [-0.25, -0.2) is 0 Å². The van der Waals surface area contributed by atoms with E-state index in [1.807, 2.05) is 6.07 Å². The largest absolute Gasteiger partial charge is 0.328 e. The molecule has 5 nitrogen and oxygen atoms in total. The van der Waals surface area contributed by atoms with Crippen LogP contribution < -0.4 is 10.6 Å². The van der Waals surface area contributed by atoms with E-state index in [0.29, 0.717) is 11.1 Å². The van der Waals surface area contributed by atoms with Crippen molar-refractivity contribution in [1.29, 1.82) is 5.26 Å². The number of benzene rings is 1. The topological polar surface area (TPSA) is 82.0 Å². The van der Waals surface area contributed by atoms with E-state index in [4.69, 9.17) is 5.26 Å². The number of allylic oxidation sites excluding steroid dienone is 2. The first-order valence-corrected chi connectivity index (χ1v) is 6.47. The van der Waals surface area contributed by atoms with Gasteiger partial charge >= 0.3 is 0 Å². The molecule has 21 heavy (non-hydrogen) atoms. The average molecular weight is 283 g/mol. The predicted octanol–water partition coefficient (Wildman–Crippen LogP) is 1.94. The third-order valence-electron chi connectivity index (χ3n) is 2.58. The van der Waals surface area contributed by atoms with Crippen LogP contribution in [0.25, 0.3) is 0 Å². The standard InChI is InChI=1S/C16H17N3O2/c1-3-5-14(20)18-16(19-15(21)6-4-2)13-9-7-12(11-17)8-10-13/h3-10,16H,1-2H3,(H,18,20)(H,19,21)/b5-3+,6-4+. The molecular weight excluding hydrogens is 266 g/mol. The first kappa shape index (κ1) is 16.2. The minimum absolute atomic E-state index is 0.312. The van der Waals surface area contributed by atoms with Crippen molar-refractivity contribution < 1.29 is 9.59 Å². The molecular formula is C16H17N3O2. The van der Waals surface area contributed by atoms with Gasteiger partial charge in [0, 0.05) is 0 Å². The highest BCUT2D eigenvalue weighted by Crippen LogP contribution is 2.11. The van der Waals surface area contributed by atoms with E-state index < -0.39 is 6.17 Å². The Morgan fingerprint density at radius 3 is 1.90 bits per heavy atom. The van der Waals surface area contributed by atoms with E-state index in [1.165, 1.54) is 12.2 Å². The van der Waals surface area contributed by atoms with Crippen LogP contribution in [0.4, 0.5) is 0 Å². The molecule has 0 radical (unpaired) electrons. The summed E-state index contributed by atoms with van der Waals surface area (Å²) in [6.45, 7) is 3.46. The zero-order chi connectivity index (χ0) is 15.7. The first-order chi connectivity index (χ1) is 10.1. The molecule has 0 atom stereocenters. The predicted molar refractivity (Wildman–Crippen MR) is 79.8 cm³/mol. The molecule has 0 saturated heterocycles. The molecule has 108 valence electrons. The number of nitriles is 1. The molecule has 0 fully saturated rings. The molecule has 2 amide bonds. The quantitative estimate of drug-likeness (QED) is 0.640. The number of amides is 2. The van der Waals surface area contributed by atoms with Gasteiger partial charge in [0.2, 0.25) is 11.8 Å². The second-order valence-corrected chi connectivity index (χ2v) is 4.18. The lowest BCUT2D eigenvalue weighted by Crippen LogP contribution is -2.39. The van der Waals surface area contributed by atoms with Crippen molar-refractivity contribution in [3.63, 3.8) is 0 Å². The van der Waals surface area contributed by atoms with Crippen LogP contribution in [-0.4, -0.2) is 11.8 Å². The van der Waals surface area contributed by atoms with Gasteiger partial charge in [0.15, 0.2) is 0 Å². The number of rotatable bonds is 5. The van der Waals surface area contributed by atoms with Gasteiger partial charge in [-0.1, -0.05) is 24.3 Å². The Labute approximate surface area is 124 Å². The molecule has 0 aliphatic rings. The number of carbonyl (C=O) groups excluding carboxylic acids is 2. The maximum Gasteiger partial charge on any atom is 0.245 e. The van der Waals surface area contributed by atoms with Crippen LogP contribution in [-0.2, 0) is 9.59 Å². The van der Waals surface area contributed by atoms with Crippen LogP contribution in [0, 0.1) is 11.3 Å². The molecule has 0 bridgehead atoms. The summed E-state index contributed by atoms with van der Waals surface area (Å²) in [4.78, 5) is 23.3. The maximum absolute atomic E-state index is 11.7. The summed E-state index contributed by atoms with van der Waals surface area (Å²) in [5.41, 5.74) is 1.20. The molecule has 0 aliphatic heterocycles. The summed E-state index contributed by atoms with van der Waals surface area (Å²) in [5, 5.41) is 14.2. The molecule has 0 aromatic heterocycles. The molecule has 0 aliphatic carbocycles. The van der Waals surface area contributed by atoms with Gasteiger partial charge in [-0.15, -0.1) is 0 Å². The Bertz CT molecular complexity index is 569. The second kappa shape index (κ2) is 8.33. The fourth-order valence-corrected chi connectivity index (χ4v) is 1.64. The van der Waals surface area contributed by atoms with E-state index in [-0.39, 0.29) is 11.8 Å². The fraction of sp³-hybridized carbons (Fsp3) is 0.188. The summed E-state index contributed by atoms with van der Waals surface area (Å²) < 4.78 is 0. The zero-order valence-electron chi connectivity index (χ0n) is 12.0. The summed E-state index contributed by atoms with van der Waals surface area (Å²) in [5.74, 6) is -0.625. The summed E-state index contributed by atoms with van der Waals surface area (Å²) in [7, 11) is 0. The Morgan fingerprint density at radius 2 is 1.52 bits per heavy atom. The number of hydrogen-bond donors (Lipinski definition) is 2. The van der Waals surface area contributed by atoms with Gasteiger partial charge < -0.3 is 10.6 Å². The Hall–Kier alpha value is -2.87. The van der Waals surface area contributed by atoms with Crippen molar-refractivity contribution in [3.05, 3.63) is 59.7 Å². The maximum atomic E-state index is 11.7. The van der Waals surface area contributed by atoms with E-state index in [1.54, 1.807) is 50.3 Å². The highest BCUT2D eigenvalue weighted by molar-refractivity contribution is 5.90. The van der Waals surface area contributed by atoms with Crippen LogP contribution >= 0.6 is 0 Å². The third-order valence-corrected chi connectivity index (χ3v) is 2.58. The number of nitrogens with one attached hydrogen (secondary N) is 2. The van der Waals surface area contributed by atoms with Crippen molar-refractivity contribution in [2.75, 3.05) is 0 Å². The molecule has 0 saturated carbocycles. The lowest BCUT2D eigenvalue weighted by molar-refractivity contribution is -0.119. The van der Waals surface area contributed by atoms with E-state index in [2.05, 4.69) is 10.6 Å². The minimum Gasteiger partial charge on any atom is -0.328 e. The third kappa shape index (κ3) is 5.33. The Balaban J connectivity index is 2.96. The van der Waals surface area contributed by atoms with E-state index in [0.717, 1.165) is 0 Å². The van der Waals surface area contributed by atoms with Crippen molar-refractivity contribution >= 4 is 11.8 Å². The van der Waals surface area contributed by atoms with Gasteiger partial charge in [0.05, 0.1) is 11.6 Å². The van der Waals surface area contributed by atoms with Gasteiger partial charge in [0.1, 0.15) is 6.17 Å². The number of carbonyl (C=O) groups is 2. The van der Waals surface area contributed by atoms with Crippen molar-refractivity contribution in [1.82, 2.24) is 10.6 Å². The smallest absolute Gasteiger partial charge is 0.245 e. The molecule has 1 aromatic rings. The Kier molecular flexibility index (Phi) is 6.42. The second-order valence-electron chi connectivity index (χ2n) is 4.18. The van der Waals surface area contributed by atoms with Crippen LogP contribution in [0.5, 0.6) is 0 Å². The fourth-order valence-electron chi connectivity index (χ4n) is 1.64. The normalized spacial score (nSPS) is 10.8. The molecule has 0 spiro atoms.